The summed E-state index contributed by atoms with van der Waals surface area (Å²) in [6.07, 6.45) is 3.69. The molecule has 0 spiro atoms. The number of hydrogen-bond acceptors (Lipinski definition) is 9. The number of nitrogens with zero attached hydrogens (tertiary/aromatic N) is 4. The number of benzene rings is 2. The average molecular weight is 651 g/mol. The van der Waals surface area contributed by atoms with Gasteiger partial charge in [0, 0.05) is 49.3 Å². The molecule has 248 valence electrons. The van der Waals surface area contributed by atoms with Crippen molar-refractivity contribution < 1.29 is 33.0 Å². The summed E-state index contributed by atoms with van der Waals surface area (Å²) in [5.41, 5.74) is 3.85. The Hall–Kier alpha value is -5.08. The van der Waals surface area contributed by atoms with Crippen LogP contribution in [0.2, 0.25) is 0 Å². The van der Waals surface area contributed by atoms with E-state index in [9.17, 15) is 14.9 Å². The summed E-state index contributed by atoms with van der Waals surface area (Å²) in [4.78, 5) is 34.3. The van der Waals surface area contributed by atoms with Gasteiger partial charge in [-0.3, -0.25) is 9.78 Å². The van der Waals surface area contributed by atoms with Crippen molar-refractivity contribution in [3.05, 3.63) is 65.9 Å². The van der Waals surface area contributed by atoms with Gasteiger partial charge in [0.05, 0.1) is 43.5 Å². The summed E-state index contributed by atoms with van der Waals surface area (Å²) in [6.45, 7) is 7.87. The summed E-state index contributed by atoms with van der Waals surface area (Å²) in [6, 6.07) is 16.8. The minimum atomic E-state index is -0.573. The predicted molar refractivity (Wildman–Crippen MR) is 177 cm³/mol. The van der Waals surface area contributed by atoms with Gasteiger partial charge in [-0.25, -0.2) is 4.79 Å². The first-order chi connectivity index (χ1) is 23.1. The highest BCUT2D eigenvalue weighted by Gasteiger charge is 2.51. The zero-order valence-electron chi connectivity index (χ0n) is 27.5. The van der Waals surface area contributed by atoms with E-state index in [4.69, 9.17) is 23.4 Å². The highest BCUT2D eigenvalue weighted by Crippen LogP contribution is 2.40. The van der Waals surface area contributed by atoms with E-state index in [1.807, 2.05) is 62.1 Å². The second-order valence-corrected chi connectivity index (χ2v) is 13.4. The van der Waals surface area contributed by atoms with Gasteiger partial charge in [0.1, 0.15) is 40.6 Å². The first-order valence-corrected chi connectivity index (χ1v) is 16.3. The normalized spacial score (nSPS) is 19.4. The number of amides is 2. The molecule has 2 aromatic heterocycles. The van der Waals surface area contributed by atoms with E-state index in [1.165, 1.54) is 0 Å². The number of furan rings is 1. The topological polar surface area (TPSA) is 127 Å². The number of pyridine rings is 1. The minimum absolute atomic E-state index is 0.0219. The van der Waals surface area contributed by atoms with Gasteiger partial charge in [-0.05, 0) is 69.2 Å². The van der Waals surface area contributed by atoms with E-state index in [1.54, 1.807) is 30.3 Å². The number of fused-ring (bicyclic) bond motifs is 2. The van der Waals surface area contributed by atoms with Crippen LogP contribution in [0.3, 0.4) is 0 Å². The molecule has 0 saturated carbocycles. The van der Waals surface area contributed by atoms with E-state index < -0.39 is 5.60 Å². The van der Waals surface area contributed by atoms with Gasteiger partial charge < -0.3 is 33.2 Å². The molecule has 2 amide bonds. The second-order valence-electron chi connectivity index (χ2n) is 13.4. The van der Waals surface area contributed by atoms with Crippen LogP contribution >= 0.6 is 0 Å². The number of aromatic nitrogens is 1. The van der Waals surface area contributed by atoms with Crippen LogP contribution in [0.25, 0.3) is 33.6 Å². The lowest BCUT2D eigenvalue weighted by Crippen LogP contribution is -2.64. The van der Waals surface area contributed by atoms with Gasteiger partial charge in [0.2, 0.25) is 0 Å². The number of ether oxygens (including phenoxy) is 4. The first-order valence-electron chi connectivity index (χ1n) is 16.3. The molecule has 4 aromatic rings. The SMILES string of the molecule is COc1cc(C(=O)N2CC3C2CCN3C(=O)OC(C)(C)C)ccc1-c1cc2nccc(-c3ccc(OC4CCOCC4)c(C#N)c3)c2o1. The van der Waals surface area contributed by atoms with Crippen molar-refractivity contribution in [2.45, 2.75) is 63.8 Å². The fraction of sp³-hybridized carbons (Fsp3) is 0.405. The van der Waals surface area contributed by atoms with Crippen molar-refractivity contribution in [2.24, 2.45) is 0 Å². The van der Waals surface area contributed by atoms with E-state index >= 15 is 0 Å². The van der Waals surface area contributed by atoms with Gasteiger partial charge in [-0.1, -0.05) is 6.07 Å². The highest BCUT2D eigenvalue weighted by atomic mass is 16.6. The Balaban J connectivity index is 1.11. The average Bonchev–Trinajstić information content (AvgIpc) is 3.65. The maximum Gasteiger partial charge on any atom is 0.410 e. The lowest BCUT2D eigenvalue weighted by molar-refractivity contribution is -0.00676. The fourth-order valence-corrected chi connectivity index (χ4v) is 6.75. The van der Waals surface area contributed by atoms with Gasteiger partial charge in [0.25, 0.3) is 5.91 Å². The smallest absolute Gasteiger partial charge is 0.410 e. The number of likely N-dealkylation sites (tertiary alicyclic amines) is 2. The van der Waals surface area contributed by atoms with Crippen LogP contribution in [0.15, 0.2) is 59.1 Å². The van der Waals surface area contributed by atoms with Crippen LogP contribution in [0.1, 0.15) is 56.0 Å². The third-order valence-corrected chi connectivity index (χ3v) is 9.18. The van der Waals surface area contributed by atoms with Crippen molar-refractivity contribution in [2.75, 3.05) is 33.4 Å². The maximum absolute atomic E-state index is 13.6. The molecule has 2 unspecified atom stereocenters. The molecule has 11 nitrogen and oxygen atoms in total. The third-order valence-electron chi connectivity index (χ3n) is 9.18. The number of nitriles is 1. The van der Waals surface area contributed by atoms with Crippen LogP contribution in [0, 0.1) is 11.3 Å². The van der Waals surface area contributed by atoms with Crippen molar-refractivity contribution in [3.8, 4) is 40.0 Å². The number of rotatable bonds is 6. The fourth-order valence-electron chi connectivity index (χ4n) is 6.75. The van der Waals surface area contributed by atoms with Gasteiger partial charge in [0.15, 0.2) is 5.58 Å². The molecule has 7 rings (SSSR count). The molecule has 0 aliphatic carbocycles. The third kappa shape index (κ3) is 5.92. The Labute approximate surface area is 278 Å². The number of carbonyl (C=O) groups is 2. The molecule has 11 heteroatoms. The van der Waals surface area contributed by atoms with Crippen LogP contribution in [0.5, 0.6) is 11.5 Å². The molecule has 2 atom stereocenters. The zero-order chi connectivity index (χ0) is 33.6. The molecule has 3 aliphatic rings. The summed E-state index contributed by atoms with van der Waals surface area (Å²) < 4.78 is 29.3. The van der Waals surface area contributed by atoms with Crippen LogP contribution < -0.4 is 9.47 Å². The monoisotopic (exact) mass is 650 g/mol. The Morgan fingerprint density at radius 1 is 0.958 bits per heavy atom. The summed E-state index contributed by atoms with van der Waals surface area (Å²) in [5.74, 6) is 1.47. The molecule has 0 N–H and O–H groups in total. The summed E-state index contributed by atoms with van der Waals surface area (Å²) in [7, 11) is 1.56. The van der Waals surface area contributed by atoms with Crippen molar-refractivity contribution in [3.63, 3.8) is 0 Å². The van der Waals surface area contributed by atoms with Crippen LogP contribution in [0.4, 0.5) is 4.79 Å². The molecule has 5 heterocycles. The Morgan fingerprint density at radius 3 is 2.52 bits per heavy atom. The molecule has 3 aliphatic heterocycles. The zero-order valence-corrected chi connectivity index (χ0v) is 27.5. The number of hydrogen-bond donors (Lipinski definition) is 0. The highest BCUT2D eigenvalue weighted by molar-refractivity contribution is 5.97. The van der Waals surface area contributed by atoms with Crippen LogP contribution in [-0.4, -0.2) is 84.0 Å². The minimum Gasteiger partial charge on any atom is -0.496 e. The molecule has 0 radical (unpaired) electrons. The van der Waals surface area contributed by atoms with Gasteiger partial charge in [-0.15, -0.1) is 0 Å². The van der Waals surface area contributed by atoms with Crippen molar-refractivity contribution in [1.82, 2.24) is 14.8 Å². The predicted octanol–water partition coefficient (Wildman–Crippen LogP) is 6.43. The summed E-state index contributed by atoms with van der Waals surface area (Å²) >= 11 is 0. The van der Waals surface area contributed by atoms with Gasteiger partial charge >= 0.3 is 6.09 Å². The maximum atomic E-state index is 13.6. The van der Waals surface area contributed by atoms with E-state index in [0.29, 0.717) is 77.8 Å². The molecule has 3 fully saturated rings. The van der Waals surface area contributed by atoms with E-state index in [2.05, 4.69) is 11.1 Å². The largest absolute Gasteiger partial charge is 0.496 e. The number of methoxy groups -OCH3 is 1. The molecule has 3 saturated heterocycles. The standard InChI is InChI=1S/C37H38N4O7/c1-37(2,3)48-36(43)40-14-10-29-30(40)21-41(29)35(42)23-5-7-27(32(18-23)44-4)33-19-28-34(47-33)26(9-13-39-28)22-6-8-31(24(17-22)20-38)46-25-11-15-45-16-12-25/h5-9,13,17-19,25,29-30H,10-12,14-16,21H2,1-4H3. The Kier molecular flexibility index (Phi) is 8.21. The molecule has 0 bridgehead atoms. The van der Waals surface area contributed by atoms with Crippen LogP contribution in [-0.2, 0) is 9.47 Å². The molecular formula is C37H38N4O7. The van der Waals surface area contributed by atoms with Crippen molar-refractivity contribution in [1.29, 1.82) is 5.26 Å². The Bertz CT molecular complexity index is 1920. The van der Waals surface area contributed by atoms with Gasteiger partial charge in [-0.2, -0.15) is 5.26 Å². The molecule has 48 heavy (non-hydrogen) atoms. The number of carbonyl (C=O) groups excluding carboxylic acids is 2. The molecule has 2 aromatic carbocycles. The lowest BCUT2D eigenvalue weighted by atomic mass is 9.95. The quantitative estimate of drug-likeness (QED) is 0.232. The second kappa shape index (κ2) is 12.5. The first kappa shape index (κ1) is 31.5. The van der Waals surface area contributed by atoms with Crippen molar-refractivity contribution >= 4 is 23.1 Å². The molecular weight excluding hydrogens is 612 g/mol. The Morgan fingerprint density at radius 2 is 1.77 bits per heavy atom. The summed E-state index contributed by atoms with van der Waals surface area (Å²) in [5, 5.41) is 9.92. The van der Waals surface area contributed by atoms with E-state index in [-0.39, 0.29) is 30.2 Å². The lowest BCUT2D eigenvalue weighted by Gasteiger charge is -2.46. The van der Waals surface area contributed by atoms with E-state index in [0.717, 1.165) is 24.0 Å².